The molecule has 1 amide bonds. The van der Waals surface area contributed by atoms with Gasteiger partial charge in [-0.1, -0.05) is 12.2 Å². The second kappa shape index (κ2) is 8.05. The highest BCUT2D eigenvalue weighted by molar-refractivity contribution is 5.81. The van der Waals surface area contributed by atoms with Crippen LogP contribution in [0.1, 0.15) is 67.9 Å². The lowest BCUT2D eigenvalue weighted by molar-refractivity contribution is -0.133. The van der Waals surface area contributed by atoms with Crippen LogP contribution in [0.5, 0.6) is 0 Å². The highest BCUT2D eigenvalue weighted by Crippen LogP contribution is 2.32. The van der Waals surface area contributed by atoms with Crippen LogP contribution < -0.4 is 5.56 Å². The molecule has 0 bridgehead atoms. The van der Waals surface area contributed by atoms with Gasteiger partial charge in [0.05, 0.1) is 17.8 Å². The largest absolute Gasteiger partial charge is 0.337 e. The molecule has 1 aromatic rings. The molecule has 3 heterocycles. The highest BCUT2D eigenvalue weighted by Gasteiger charge is 2.36. The van der Waals surface area contributed by atoms with Crippen LogP contribution in [0.25, 0.3) is 0 Å². The van der Waals surface area contributed by atoms with E-state index in [2.05, 4.69) is 22.0 Å². The third-order valence-electron chi connectivity index (χ3n) is 7.11. The average molecular weight is 397 g/mol. The average Bonchev–Trinajstić information content (AvgIpc) is 3.59. The number of allylic oxidation sites excluding steroid dienone is 2. The zero-order valence-electron chi connectivity index (χ0n) is 17.2. The molecule has 1 saturated heterocycles. The first-order valence-corrected chi connectivity index (χ1v) is 11.5. The summed E-state index contributed by atoms with van der Waals surface area (Å²) < 4.78 is 0. The van der Waals surface area contributed by atoms with Crippen LogP contribution >= 0.6 is 0 Å². The summed E-state index contributed by atoms with van der Waals surface area (Å²) >= 11 is 0. The van der Waals surface area contributed by atoms with Crippen molar-refractivity contribution in [2.75, 3.05) is 26.2 Å². The molecule has 6 heteroatoms. The number of likely N-dealkylation sites (tertiary alicyclic amines) is 1. The van der Waals surface area contributed by atoms with Gasteiger partial charge in [0.15, 0.2) is 0 Å². The molecule has 4 aliphatic rings. The van der Waals surface area contributed by atoms with Crippen molar-refractivity contribution in [2.45, 2.75) is 63.8 Å². The Kier molecular flexibility index (Phi) is 5.29. The number of H-pyrrole nitrogens is 1. The Bertz CT molecular complexity index is 857. The molecule has 2 aliphatic carbocycles. The number of carbonyl (C=O) groups excluding carboxylic acids is 1. The van der Waals surface area contributed by atoms with Crippen molar-refractivity contribution in [3.63, 3.8) is 0 Å². The number of hydrogen-bond acceptors (Lipinski definition) is 4. The molecule has 1 N–H and O–H groups in total. The Hall–Kier alpha value is -1.95. The Labute approximate surface area is 172 Å². The van der Waals surface area contributed by atoms with Crippen LogP contribution in [0.3, 0.4) is 0 Å². The van der Waals surface area contributed by atoms with Gasteiger partial charge in [-0.3, -0.25) is 9.59 Å². The van der Waals surface area contributed by atoms with Crippen molar-refractivity contribution in [2.24, 2.45) is 11.8 Å². The third kappa shape index (κ3) is 4.18. The third-order valence-corrected chi connectivity index (χ3v) is 7.11. The fraction of sp³-hybridized carbons (Fsp3) is 0.696. The maximum atomic E-state index is 12.8. The molecule has 2 fully saturated rings. The standard InChI is InChI=1S/C23H32N4O2/c28-22-19-15-27(23(29)17-8-9-17)12-10-20(19)24-21(25-22)18-7-4-11-26(14-18)13-16-5-2-1-3-6-16/h1-2,16-18H,3-15H2,(H,24,25,28)/t16-,18+/m1/s1. The Morgan fingerprint density at radius 1 is 1.17 bits per heavy atom. The molecule has 6 nitrogen and oxygen atoms in total. The van der Waals surface area contributed by atoms with Crippen LogP contribution in [0.2, 0.25) is 0 Å². The number of nitrogens with zero attached hydrogens (tertiary/aromatic N) is 3. The molecule has 0 unspecified atom stereocenters. The van der Waals surface area contributed by atoms with Crippen LogP contribution in [0, 0.1) is 11.8 Å². The van der Waals surface area contributed by atoms with Gasteiger partial charge < -0.3 is 14.8 Å². The van der Waals surface area contributed by atoms with E-state index in [1.54, 1.807) is 0 Å². The Morgan fingerprint density at radius 2 is 2.07 bits per heavy atom. The SMILES string of the molecule is O=C(C1CC1)N1CCc2nc([C@H]3CCCN(C[C@@H]4CC=CCC4)C3)[nH]c(=O)c2C1. The number of hydrogen-bond donors (Lipinski definition) is 1. The molecule has 0 radical (unpaired) electrons. The predicted octanol–water partition coefficient (Wildman–Crippen LogP) is 2.60. The number of piperidine rings is 1. The van der Waals surface area contributed by atoms with E-state index in [-0.39, 0.29) is 17.4 Å². The number of amides is 1. The summed E-state index contributed by atoms with van der Waals surface area (Å²) in [6, 6.07) is 0. The lowest BCUT2D eigenvalue weighted by Crippen LogP contribution is -2.42. The summed E-state index contributed by atoms with van der Waals surface area (Å²) in [6.07, 6.45) is 13.3. The van der Waals surface area contributed by atoms with Crippen molar-refractivity contribution in [3.8, 4) is 0 Å². The van der Waals surface area contributed by atoms with Gasteiger partial charge in [0.25, 0.3) is 5.56 Å². The van der Waals surface area contributed by atoms with Crippen LogP contribution in [-0.4, -0.2) is 51.9 Å². The molecule has 5 rings (SSSR count). The lowest BCUT2D eigenvalue weighted by Gasteiger charge is -2.35. The number of aromatic amines is 1. The summed E-state index contributed by atoms with van der Waals surface area (Å²) in [5, 5.41) is 0. The van der Waals surface area contributed by atoms with E-state index in [0.717, 1.165) is 62.8 Å². The molecule has 2 atom stereocenters. The van der Waals surface area contributed by atoms with Crippen molar-refractivity contribution < 1.29 is 4.79 Å². The zero-order chi connectivity index (χ0) is 19.8. The minimum Gasteiger partial charge on any atom is -0.337 e. The first-order valence-electron chi connectivity index (χ1n) is 11.5. The van der Waals surface area contributed by atoms with E-state index >= 15 is 0 Å². The summed E-state index contributed by atoms with van der Waals surface area (Å²) in [5.74, 6) is 2.37. The van der Waals surface area contributed by atoms with Gasteiger partial charge in [0.1, 0.15) is 5.82 Å². The molecule has 1 saturated carbocycles. The summed E-state index contributed by atoms with van der Waals surface area (Å²) in [6.45, 7) is 4.44. The van der Waals surface area contributed by atoms with Crippen LogP contribution in [-0.2, 0) is 17.8 Å². The fourth-order valence-corrected chi connectivity index (χ4v) is 5.25. The molecule has 0 spiro atoms. The van der Waals surface area contributed by atoms with Gasteiger partial charge in [-0.05, 0) is 57.4 Å². The normalized spacial score (nSPS) is 27.7. The fourth-order valence-electron chi connectivity index (χ4n) is 5.25. The minimum atomic E-state index is -0.0344. The maximum absolute atomic E-state index is 12.8. The van der Waals surface area contributed by atoms with Gasteiger partial charge in [-0.15, -0.1) is 0 Å². The summed E-state index contributed by atoms with van der Waals surface area (Å²) in [5.41, 5.74) is 1.58. The second-order valence-corrected chi connectivity index (χ2v) is 9.41. The summed E-state index contributed by atoms with van der Waals surface area (Å²) in [4.78, 5) is 37.6. The van der Waals surface area contributed by atoms with Crippen molar-refractivity contribution in [3.05, 3.63) is 39.6 Å². The van der Waals surface area contributed by atoms with Crippen LogP contribution in [0.15, 0.2) is 16.9 Å². The zero-order valence-corrected chi connectivity index (χ0v) is 17.2. The topological polar surface area (TPSA) is 69.3 Å². The number of aromatic nitrogens is 2. The first kappa shape index (κ1) is 19.0. The van der Waals surface area contributed by atoms with E-state index in [0.29, 0.717) is 31.0 Å². The van der Waals surface area contributed by atoms with E-state index in [4.69, 9.17) is 4.98 Å². The Morgan fingerprint density at radius 3 is 2.86 bits per heavy atom. The predicted molar refractivity (Wildman–Crippen MR) is 112 cm³/mol. The Balaban J connectivity index is 1.27. The first-order chi connectivity index (χ1) is 14.2. The molecule has 1 aromatic heterocycles. The van der Waals surface area contributed by atoms with Gasteiger partial charge in [-0.2, -0.15) is 0 Å². The molecular formula is C23H32N4O2. The number of rotatable bonds is 4. The molecule has 156 valence electrons. The minimum absolute atomic E-state index is 0.0344. The van der Waals surface area contributed by atoms with Crippen molar-refractivity contribution >= 4 is 5.91 Å². The second-order valence-electron chi connectivity index (χ2n) is 9.41. The van der Waals surface area contributed by atoms with Gasteiger partial charge >= 0.3 is 0 Å². The summed E-state index contributed by atoms with van der Waals surface area (Å²) in [7, 11) is 0. The van der Waals surface area contributed by atoms with Gasteiger partial charge in [-0.25, -0.2) is 4.98 Å². The smallest absolute Gasteiger partial charge is 0.256 e. The van der Waals surface area contributed by atoms with Crippen molar-refractivity contribution in [1.82, 2.24) is 19.8 Å². The molecule has 29 heavy (non-hydrogen) atoms. The lowest BCUT2D eigenvalue weighted by atomic mass is 9.91. The van der Waals surface area contributed by atoms with E-state index in [1.807, 2.05) is 4.90 Å². The molecule has 0 aromatic carbocycles. The maximum Gasteiger partial charge on any atom is 0.256 e. The quantitative estimate of drug-likeness (QED) is 0.795. The van der Waals surface area contributed by atoms with Crippen molar-refractivity contribution in [1.29, 1.82) is 0 Å². The number of nitrogens with one attached hydrogen (secondary N) is 1. The van der Waals surface area contributed by atoms with E-state index in [1.165, 1.54) is 19.3 Å². The van der Waals surface area contributed by atoms with Crippen LogP contribution in [0.4, 0.5) is 0 Å². The molecule has 2 aliphatic heterocycles. The van der Waals surface area contributed by atoms with E-state index < -0.39 is 0 Å². The van der Waals surface area contributed by atoms with Gasteiger partial charge in [0.2, 0.25) is 5.91 Å². The number of carbonyl (C=O) groups is 1. The van der Waals surface area contributed by atoms with E-state index in [9.17, 15) is 9.59 Å². The number of fused-ring (bicyclic) bond motifs is 1. The monoisotopic (exact) mass is 396 g/mol. The van der Waals surface area contributed by atoms with Gasteiger partial charge in [0, 0.05) is 37.9 Å². The highest BCUT2D eigenvalue weighted by atomic mass is 16.2. The molecular weight excluding hydrogens is 364 g/mol.